The summed E-state index contributed by atoms with van der Waals surface area (Å²) >= 11 is 4.72. The van der Waals surface area contributed by atoms with Gasteiger partial charge in [-0.3, -0.25) is 19.3 Å². The van der Waals surface area contributed by atoms with Crippen molar-refractivity contribution >= 4 is 35.1 Å². The van der Waals surface area contributed by atoms with Gasteiger partial charge in [0, 0.05) is 11.6 Å². The molecular weight excluding hydrogens is 410 g/mol. The van der Waals surface area contributed by atoms with E-state index in [9.17, 15) is 23.2 Å². The Balaban J connectivity index is 1.64. The maximum Gasteiger partial charge on any atom is 0.487 e. The number of piperidine rings is 1. The summed E-state index contributed by atoms with van der Waals surface area (Å²) in [6, 6.07) is 4.52. The molecule has 2 amide bonds. The molecule has 2 aliphatic heterocycles. The van der Waals surface area contributed by atoms with Crippen molar-refractivity contribution in [1.82, 2.24) is 4.90 Å². The van der Waals surface area contributed by atoms with E-state index < -0.39 is 11.6 Å². The van der Waals surface area contributed by atoms with E-state index >= 15 is 0 Å². The summed E-state index contributed by atoms with van der Waals surface area (Å²) in [6.07, 6.45) is 1.16. The Morgan fingerprint density at radius 2 is 1.83 bits per heavy atom. The van der Waals surface area contributed by atoms with Crippen LogP contribution in [0.5, 0.6) is 5.75 Å². The van der Waals surface area contributed by atoms with Crippen LogP contribution in [0.25, 0.3) is 0 Å². The van der Waals surface area contributed by atoms with E-state index in [2.05, 4.69) is 4.74 Å². The number of carbonyl (C=O) groups is 3. The zero-order valence-electron chi connectivity index (χ0n) is 15.8. The third-order valence-electron chi connectivity index (χ3n) is 5.04. The van der Waals surface area contributed by atoms with Crippen molar-refractivity contribution in [1.29, 1.82) is 0 Å². The van der Waals surface area contributed by atoms with E-state index in [4.69, 9.17) is 16.3 Å². The first-order valence-corrected chi connectivity index (χ1v) is 9.70. The van der Waals surface area contributed by atoms with Crippen molar-refractivity contribution in [3.63, 3.8) is 0 Å². The number of rotatable bonds is 6. The average molecular weight is 431 g/mol. The Bertz CT molecular complexity index is 776. The fraction of sp³-hybridized carbons (Fsp3) is 0.526. The van der Waals surface area contributed by atoms with Gasteiger partial charge in [0.05, 0.1) is 30.7 Å². The van der Waals surface area contributed by atoms with Gasteiger partial charge in [-0.2, -0.15) is 0 Å². The van der Waals surface area contributed by atoms with E-state index in [0.29, 0.717) is 32.5 Å². The molecule has 0 N–H and O–H groups in total. The van der Waals surface area contributed by atoms with Crippen LogP contribution >= 0.6 is 11.6 Å². The first-order chi connectivity index (χ1) is 13.7. The number of imide groups is 1. The van der Waals surface area contributed by atoms with Crippen LogP contribution in [0.4, 0.5) is 14.5 Å². The van der Waals surface area contributed by atoms with E-state index in [-0.39, 0.29) is 41.6 Å². The molecule has 0 saturated carbocycles. The normalized spacial score (nSPS) is 21.5. The second-order valence-electron chi connectivity index (χ2n) is 6.89. The molecule has 7 nitrogen and oxygen atoms in total. The number of halogens is 3. The zero-order chi connectivity index (χ0) is 21.2. The number of amides is 2. The van der Waals surface area contributed by atoms with Crippen LogP contribution < -0.4 is 9.64 Å². The number of esters is 1. The van der Waals surface area contributed by atoms with Crippen molar-refractivity contribution in [2.75, 3.05) is 24.6 Å². The third-order valence-corrected chi connectivity index (χ3v) is 5.12. The van der Waals surface area contributed by atoms with Gasteiger partial charge in [0.25, 0.3) is 5.91 Å². The number of hydrogen-bond donors (Lipinski definition) is 0. The number of hydrogen-bond acceptors (Lipinski definition) is 6. The second-order valence-corrected chi connectivity index (χ2v) is 7.33. The van der Waals surface area contributed by atoms with E-state index in [1.807, 2.05) is 4.90 Å². The second kappa shape index (κ2) is 8.62. The van der Waals surface area contributed by atoms with E-state index in [1.54, 1.807) is 6.92 Å². The molecule has 2 saturated heterocycles. The minimum absolute atomic E-state index is 0.0287. The molecule has 2 heterocycles. The average Bonchev–Trinajstić information content (AvgIpc) is 2.96. The van der Waals surface area contributed by atoms with Crippen LogP contribution in [0, 0.1) is 5.92 Å². The quantitative estimate of drug-likeness (QED) is 0.392. The van der Waals surface area contributed by atoms with Crippen LogP contribution in [0.3, 0.4) is 0 Å². The lowest BCUT2D eigenvalue weighted by molar-refractivity contribution is -0.149. The minimum atomic E-state index is -3.85. The summed E-state index contributed by atoms with van der Waals surface area (Å²) in [5, 5.41) is 0. The molecule has 3 rings (SSSR count). The molecule has 29 heavy (non-hydrogen) atoms. The van der Waals surface area contributed by atoms with Crippen molar-refractivity contribution in [2.45, 2.75) is 37.8 Å². The highest BCUT2D eigenvalue weighted by molar-refractivity contribution is 6.22. The summed E-state index contributed by atoms with van der Waals surface area (Å²) in [5.41, 5.74) is -3.57. The molecule has 1 atom stereocenters. The molecule has 0 unspecified atom stereocenters. The van der Waals surface area contributed by atoms with Gasteiger partial charge in [0.1, 0.15) is 5.75 Å². The Kier molecular flexibility index (Phi) is 6.38. The molecule has 0 aliphatic carbocycles. The van der Waals surface area contributed by atoms with Crippen LogP contribution in [-0.2, 0) is 19.1 Å². The largest absolute Gasteiger partial charge is 0.487 e. The number of carbonyl (C=O) groups excluding carboxylic acids is 3. The number of ether oxygens (including phenoxy) is 2. The third kappa shape index (κ3) is 5.02. The van der Waals surface area contributed by atoms with Gasteiger partial charge in [-0.05, 0) is 57.1 Å². The molecule has 0 radical (unpaired) electrons. The van der Waals surface area contributed by atoms with Gasteiger partial charge in [0.2, 0.25) is 5.91 Å². The Hall–Kier alpha value is -2.26. The summed E-state index contributed by atoms with van der Waals surface area (Å²) in [4.78, 5) is 40.1. The van der Waals surface area contributed by atoms with Crippen molar-refractivity contribution < 1.29 is 32.6 Å². The van der Waals surface area contributed by atoms with Crippen molar-refractivity contribution in [2.24, 2.45) is 5.92 Å². The Labute approximate surface area is 171 Å². The molecular formula is C19H21ClF2N2O5. The highest BCUT2D eigenvalue weighted by atomic mass is 35.5. The summed E-state index contributed by atoms with van der Waals surface area (Å²) in [6.45, 7) is 3.11. The van der Waals surface area contributed by atoms with Crippen LogP contribution in [0.15, 0.2) is 24.3 Å². The molecule has 2 aliphatic rings. The lowest BCUT2D eigenvalue weighted by Crippen LogP contribution is -2.47. The van der Waals surface area contributed by atoms with Gasteiger partial charge < -0.3 is 9.47 Å². The van der Waals surface area contributed by atoms with Crippen molar-refractivity contribution in [3.8, 4) is 5.75 Å². The van der Waals surface area contributed by atoms with Gasteiger partial charge >= 0.3 is 11.5 Å². The fourth-order valence-corrected chi connectivity index (χ4v) is 3.77. The van der Waals surface area contributed by atoms with Gasteiger partial charge in [0.15, 0.2) is 0 Å². The molecule has 0 spiro atoms. The highest BCUT2D eigenvalue weighted by Gasteiger charge is 2.44. The Morgan fingerprint density at radius 1 is 1.21 bits per heavy atom. The summed E-state index contributed by atoms with van der Waals surface area (Å²) in [7, 11) is 0. The predicted molar refractivity (Wildman–Crippen MR) is 99.7 cm³/mol. The molecule has 10 heteroatoms. The van der Waals surface area contributed by atoms with Crippen LogP contribution in [-0.4, -0.2) is 54.0 Å². The maximum atomic E-state index is 12.8. The highest BCUT2D eigenvalue weighted by Crippen LogP contribution is 2.31. The molecule has 1 aromatic rings. The molecule has 0 bridgehead atoms. The monoisotopic (exact) mass is 430 g/mol. The lowest BCUT2D eigenvalue weighted by Gasteiger charge is -2.33. The van der Waals surface area contributed by atoms with Gasteiger partial charge in [-0.25, -0.2) is 4.90 Å². The van der Waals surface area contributed by atoms with Crippen LogP contribution in [0.2, 0.25) is 0 Å². The fourth-order valence-electron chi connectivity index (χ4n) is 3.68. The van der Waals surface area contributed by atoms with Crippen LogP contribution in [0.1, 0.15) is 26.2 Å². The summed E-state index contributed by atoms with van der Waals surface area (Å²) in [5.74, 6) is -1.36. The maximum absolute atomic E-state index is 12.8. The van der Waals surface area contributed by atoms with Gasteiger partial charge in [-0.15, -0.1) is 8.78 Å². The van der Waals surface area contributed by atoms with E-state index in [0.717, 1.165) is 4.90 Å². The summed E-state index contributed by atoms with van der Waals surface area (Å²) < 4.78 is 34.7. The molecule has 0 aromatic heterocycles. The lowest BCUT2D eigenvalue weighted by atomic mass is 9.95. The Morgan fingerprint density at radius 3 is 2.38 bits per heavy atom. The molecule has 158 valence electrons. The topological polar surface area (TPSA) is 76.2 Å². The first-order valence-electron chi connectivity index (χ1n) is 9.33. The SMILES string of the molecule is CCOC(=O)C1CCN([C@@H]2CC(=O)N(c3ccc(OC(F)(F)Cl)cc3)C2=O)CC1. The predicted octanol–water partition coefficient (Wildman–Crippen LogP) is 2.76. The molecule has 1 aromatic carbocycles. The zero-order valence-corrected chi connectivity index (χ0v) is 16.5. The minimum Gasteiger partial charge on any atom is -0.466 e. The smallest absolute Gasteiger partial charge is 0.466 e. The number of benzene rings is 1. The van der Waals surface area contributed by atoms with E-state index in [1.165, 1.54) is 24.3 Å². The van der Waals surface area contributed by atoms with Gasteiger partial charge in [-0.1, -0.05) is 0 Å². The van der Waals surface area contributed by atoms with Crippen molar-refractivity contribution in [3.05, 3.63) is 24.3 Å². The standard InChI is InChI=1S/C19H21ClF2N2O5/c1-2-28-18(27)12-7-9-23(10-8-12)15-11-16(25)24(17(15)26)13-3-5-14(6-4-13)29-19(20,21)22/h3-6,12,15H,2,7-11H2,1H3/t15-/m1/s1. The number of alkyl halides is 3. The number of anilines is 1. The molecule has 2 fully saturated rings. The first kappa shape index (κ1) is 21.4. The number of nitrogens with zero attached hydrogens (tertiary/aromatic N) is 2. The number of likely N-dealkylation sites (tertiary alicyclic amines) is 1.